The molecule has 1 fully saturated rings. The fourth-order valence-corrected chi connectivity index (χ4v) is 4.81. The van der Waals surface area contributed by atoms with Gasteiger partial charge in [-0.2, -0.15) is 0 Å². The number of amides is 2. The van der Waals surface area contributed by atoms with Crippen molar-refractivity contribution in [1.82, 2.24) is 9.55 Å². The maximum Gasteiger partial charge on any atom is 0.229 e. The van der Waals surface area contributed by atoms with E-state index < -0.39 is 12.0 Å². The third-order valence-corrected chi connectivity index (χ3v) is 6.70. The second-order valence-electron chi connectivity index (χ2n) is 9.01. The maximum atomic E-state index is 13.7. The number of hydrogen-bond acceptors (Lipinski definition) is 4. The lowest BCUT2D eigenvalue weighted by Gasteiger charge is -2.41. The van der Waals surface area contributed by atoms with Gasteiger partial charge in [-0.05, 0) is 61.4 Å². The highest BCUT2D eigenvalue weighted by molar-refractivity contribution is 6.00. The Labute approximate surface area is 204 Å². The highest BCUT2D eigenvalue weighted by Gasteiger charge is 2.41. The van der Waals surface area contributed by atoms with Crippen LogP contribution in [-0.4, -0.2) is 28.5 Å². The Morgan fingerprint density at radius 2 is 1.80 bits per heavy atom. The molecule has 1 aliphatic rings. The molecule has 4 aromatic rings. The molecule has 0 saturated carbocycles. The summed E-state index contributed by atoms with van der Waals surface area (Å²) in [6.07, 6.45) is 2.52. The number of aryl methyl sites for hydroxylation is 2. The molecule has 178 valence electrons. The maximum absolute atomic E-state index is 13.7. The number of benzene rings is 3. The molecule has 35 heavy (non-hydrogen) atoms. The van der Waals surface area contributed by atoms with E-state index in [0.29, 0.717) is 18.5 Å². The van der Waals surface area contributed by atoms with Gasteiger partial charge in [0, 0.05) is 24.8 Å². The molecular formula is C28H28N4O3. The first kappa shape index (κ1) is 22.7. The summed E-state index contributed by atoms with van der Waals surface area (Å²) < 4.78 is 7.26. The van der Waals surface area contributed by atoms with E-state index >= 15 is 0 Å². The van der Waals surface area contributed by atoms with Crippen LogP contribution >= 0.6 is 0 Å². The summed E-state index contributed by atoms with van der Waals surface area (Å²) in [5, 5.41) is 3.08. The zero-order chi connectivity index (χ0) is 24.5. The molecule has 1 saturated heterocycles. The number of anilines is 2. The molecule has 2 amide bonds. The lowest BCUT2D eigenvalue weighted by Crippen LogP contribution is -2.47. The van der Waals surface area contributed by atoms with Crippen molar-refractivity contribution >= 4 is 34.2 Å². The van der Waals surface area contributed by atoms with Crippen molar-refractivity contribution in [3.8, 4) is 5.75 Å². The summed E-state index contributed by atoms with van der Waals surface area (Å²) in [5.41, 5.74) is 5.28. The number of aromatic nitrogens is 2. The van der Waals surface area contributed by atoms with Crippen molar-refractivity contribution in [1.29, 1.82) is 0 Å². The normalized spacial score (nSPS) is 18.0. The quantitative estimate of drug-likeness (QED) is 0.447. The van der Waals surface area contributed by atoms with Crippen molar-refractivity contribution < 1.29 is 14.3 Å². The number of fused-ring (bicyclic) bond motifs is 1. The lowest BCUT2D eigenvalue weighted by molar-refractivity contribution is -0.125. The minimum Gasteiger partial charge on any atom is -0.497 e. The largest absolute Gasteiger partial charge is 0.497 e. The molecule has 0 aliphatic carbocycles. The Morgan fingerprint density at radius 1 is 1.06 bits per heavy atom. The van der Waals surface area contributed by atoms with E-state index in [9.17, 15) is 9.59 Å². The first-order chi connectivity index (χ1) is 16.9. The second kappa shape index (κ2) is 9.25. The van der Waals surface area contributed by atoms with Crippen LogP contribution < -0.4 is 15.0 Å². The van der Waals surface area contributed by atoms with Crippen molar-refractivity contribution in [3.05, 3.63) is 84.2 Å². The number of hydrogen-bond donors (Lipinski definition) is 1. The number of ether oxygens (including phenoxy) is 1. The third kappa shape index (κ3) is 4.37. The molecule has 5 rings (SSSR count). The van der Waals surface area contributed by atoms with Gasteiger partial charge in [0.2, 0.25) is 11.8 Å². The number of nitrogens with zero attached hydrogens (tertiary/aromatic N) is 3. The van der Waals surface area contributed by atoms with Crippen LogP contribution in [-0.2, 0) is 16.6 Å². The third-order valence-electron chi connectivity index (χ3n) is 6.70. The molecule has 2 atom stereocenters. The number of imidazole rings is 1. The zero-order valence-corrected chi connectivity index (χ0v) is 20.1. The molecule has 0 bridgehead atoms. The van der Waals surface area contributed by atoms with E-state index in [4.69, 9.17) is 4.74 Å². The fourth-order valence-electron chi connectivity index (χ4n) is 4.81. The Bertz CT molecular complexity index is 1380. The Hall–Kier alpha value is -4.13. The summed E-state index contributed by atoms with van der Waals surface area (Å²) in [4.78, 5) is 33.0. The van der Waals surface area contributed by atoms with Crippen molar-refractivity contribution in [2.75, 3.05) is 17.3 Å². The molecule has 1 aromatic heterocycles. The van der Waals surface area contributed by atoms with E-state index in [1.165, 1.54) is 0 Å². The monoisotopic (exact) mass is 468 g/mol. The molecule has 2 unspecified atom stereocenters. The molecule has 2 heterocycles. The molecule has 3 aromatic carbocycles. The van der Waals surface area contributed by atoms with Gasteiger partial charge in [-0.1, -0.05) is 29.8 Å². The van der Waals surface area contributed by atoms with Crippen LogP contribution in [0, 0.1) is 12.8 Å². The predicted molar refractivity (Wildman–Crippen MR) is 136 cm³/mol. The van der Waals surface area contributed by atoms with Crippen molar-refractivity contribution in [2.24, 2.45) is 13.0 Å². The topological polar surface area (TPSA) is 76.5 Å². The number of carbonyl (C=O) groups excluding carboxylic acids is 2. The summed E-state index contributed by atoms with van der Waals surface area (Å²) in [5.74, 6) is 0.184. The van der Waals surface area contributed by atoms with Gasteiger partial charge in [-0.15, -0.1) is 0 Å². The van der Waals surface area contributed by atoms with E-state index in [-0.39, 0.29) is 11.8 Å². The fraction of sp³-hybridized carbons (Fsp3) is 0.250. The standard InChI is InChI=1S/C28H28N4O3/c1-18-4-9-21(10-5-18)32-26(33)15-13-23(27(32)19-6-11-22(35-3)12-7-19)28(34)30-20-8-14-25-24(16-20)29-17-31(25)2/h4-12,14,16-17,23,27H,13,15H2,1-3H3,(H,30,34). The van der Waals surface area contributed by atoms with E-state index in [2.05, 4.69) is 10.3 Å². The van der Waals surface area contributed by atoms with Gasteiger partial charge >= 0.3 is 0 Å². The number of piperidine rings is 1. The van der Waals surface area contributed by atoms with Crippen LogP contribution in [0.1, 0.15) is 30.0 Å². The van der Waals surface area contributed by atoms with Crippen LogP contribution in [0.3, 0.4) is 0 Å². The summed E-state index contributed by atoms with van der Waals surface area (Å²) in [6, 6.07) is 20.7. The summed E-state index contributed by atoms with van der Waals surface area (Å²) >= 11 is 0. The van der Waals surface area contributed by atoms with Crippen LogP contribution in [0.4, 0.5) is 11.4 Å². The molecule has 0 spiro atoms. The minimum atomic E-state index is -0.441. The van der Waals surface area contributed by atoms with Gasteiger partial charge in [0.15, 0.2) is 0 Å². The van der Waals surface area contributed by atoms with Crippen LogP contribution in [0.25, 0.3) is 11.0 Å². The lowest BCUT2D eigenvalue weighted by atomic mass is 9.83. The number of methoxy groups -OCH3 is 1. The molecular weight excluding hydrogens is 440 g/mol. The van der Waals surface area contributed by atoms with Gasteiger partial charge in [0.1, 0.15) is 5.75 Å². The van der Waals surface area contributed by atoms with E-state index in [1.807, 2.05) is 85.3 Å². The molecule has 1 aliphatic heterocycles. The average Bonchev–Trinajstić information content (AvgIpc) is 3.24. The summed E-state index contributed by atoms with van der Waals surface area (Å²) in [7, 11) is 3.55. The Kier molecular flexibility index (Phi) is 5.99. The minimum absolute atomic E-state index is 0.00799. The van der Waals surface area contributed by atoms with E-state index in [0.717, 1.165) is 33.6 Å². The predicted octanol–water partition coefficient (Wildman–Crippen LogP) is 5.01. The molecule has 0 radical (unpaired) electrons. The Morgan fingerprint density at radius 3 is 2.51 bits per heavy atom. The van der Waals surface area contributed by atoms with Crippen LogP contribution in [0.2, 0.25) is 0 Å². The highest BCUT2D eigenvalue weighted by atomic mass is 16.5. The number of rotatable bonds is 5. The smallest absolute Gasteiger partial charge is 0.229 e. The first-order valence-electron chi connectivity index (χ1n) is 11.7. The molecule has 1 N–H and O–H groups in total. The van der Waals surface area contributed by atoms with Gasteiger partial charge < -0.3 is 19.5 Å². The SMILES string of the molecule is COc1ccc(C2C(C(=O)Nc3ccc4c(c3)ncn4C)CCC(=O)N2c2ccc(C)cc2)cc1. The van der Waals surface area contributed by atoms with Gasteiger partial charge in [0.25, 0.3) is 0 Å². The average molecular weight is 469 g/mol. The van der Waals surface area contributed by atoms with Crippen LogP contribution in [0.5, 0.6) is 5.75 Å². The number of carbonyl (C=O) groups is 2. The van der Waals surface area contributed by atoms with Gasteiger partial charge in [-0.25, -0.2) is 4.98 Å². The number of nitrogens with one attached hydrogen (secondary N) is 1. The first-order valence-corrected chi connectivity index (χ1v) is 11.7. The summed E-state index contributed by atoms with van der Waals surface area (Å²) in [6.45, 7) is 2.01. The van der Waals surface area contributed by atoms with Crippen molar-refractivity contribution in [2.45, 2.75) is 25.8 Å². The van der Waals surface area contributed by atoms with Crippen molar-refractivity contribution in [3.63, 3.8) is 0 Å². The second-order valence-corrected chi connectivity index (χ2v) is 9.01. The highest BCUT2D eigenvalue weighted by Crippen LogP contribution is 2.41. The molecule has 7 heteroatoms. The van der Waals surface area contributed by atoms with Gasteiger partial charge in [0.05, 0.1) is 36.4 Å². The zero-order valence-electron chi connectivity index (χ0n) is 20.1. The van der Waals surface area contributed by atoms with Crippen LogP contribution in [0.15, 0.2) is 73.1 Å². The molecule has 7 nitrogen and oxygen atoms in total. The van der Waals surface area contributed by atoms with Gasteiger partial charge in [-0.3, -0.25) is 9.59 Å². The van der Waals surface area contributed by atoms with E-state index in [1.54, 1.807) is 18.3 Å². The Balaban J connectivity index is 1.51.